The summed E-state index contributed by atoms with van der Waals surface area (Å²) in [5.41, 5.74) is 2.66. The second-order valence-electron chi connectivity index (χ2n) is 1.81. The highest BCUT2D eigenvalue weighted by Gasteiger charge is 1.95. The summed E-state index contributed by atoms with van der Waals surface area (Å²) in [5, 5.41) is 8.29. The Bertz CT molecular complexity index is 97.7. The maximum Gasteiger partial charge on any atom is 0.0667 e. The number of hydroxylamine groups is 1. The lowest BCUT2D eigenvalue weighted by molar-refractivity contribution is 0.0468. The lowest BCUT2D eigenvalue weighted by atomic mass is 10.2. The van der Waals surface area contributed by atoms with E-state index in [1.54, 1.807) is 0 Å². The van der Waals surface area contributed by atoms with Gasteiger partial charge in [0.25, 0.3) is 0 Å². The molecule has 0 bridgehead atoms. The largest absolute Gasteiger partial charge is 0.302 e. The average molecular weight is 128 g/mol. The second kappa shape index (κ2) is 5.54. The summed E-state index contributed by atoms with van der Waals surface area (Å²) < 4.78 is 0. The number of rotatable bonds is 4. The number of hydrogen-bond acceptors (Lipinski definition) is 3. The molecular weight excluding hydrogens is 116 g/mol. The Morgan fingerprint density at radius 1 is 1.78 bits per heavy atom. The van der Waals surface area contributed by atoms with Crippen LogP contribution in [-0.4, -0.2) is 13.2 Å². The highest BCUT2D eigenvalue weighted by atomic mass is 16.6. The first-order valence-corrected chi connectivity index (χ1v) is 3.05. The quantitative estimate of drug-likeness (QED) is 0.447. The van der Waals surface area contributed by atoms with Gasteiger partial charge in [-0.15, -0.1) is 0 Å². The van der Waals surface area contributed by atoms with Crippen LogP contribution in [0.2, 0.25) is 0 Å². The van der Waals surface area contributed by atoms with Gasteiger partial charge in [-0.25, -0.2) is 5.48 Å². The first-order valence-electron chi connectivity index (χ1n) is 3.05. The lowest BCUT2D eigenvalue weighted by Crippen LogP contribution is -2.20. The third-order valence-corrected chi connectivity index (χ3v) is 0.856. The van der Waals surface area contributed by atoms with E-state index in [-0.39, 0.29) is 5.92 Å². The molecule has 0 saturated carbocycles. The van der Waals surface area contributed by atoms with Crippen LogP contribution in [0.15, 0.2) is 0 Å². The van der Waals surface area contributed by atoms with Crippen molar-refractivity contribution in [3.8, 4) is 6.07 Å². The fraction of sp³-hybridized carbons (Fsp3) is 0.833. The van der Waals surface area contributed by atoms with Crippen LogP contribution in [0.4, 0.5) is 0 Å². The van der Waals surface area contributed by atoms with E-state index in [4.69, 9.17) is 10.1 Å². The van der Waals surface area contributed by atoms with Gasteiger partial charge in [-0.1, -0.05) is 0 Å². The van der Waals surface area contributed by atoms with Crippen molar-refractivity contribution >= 4 is 0 Å². The zero-order valence-corrected chi connectivity index (χ0v) is 5.85. The highest BCUT2D eigenvalue weighted by molar-refractivity contribution is 4.78. The molecule has 1 N–H and O–H groups in total. The Kier molecular flexibility index (Phi) is 5.18. The number of nitrogens with zero attached hydrogens (tertiary/aromatic N) is 1. The van der Waals surface area contributed by atoms with Gasteiger partial charge in [-0.2, -0.15) is 5.26 Å². The summed E-state index contributed by atoms with van der Waals surface area (Å²) in [6.45, 7) is 4.97. The molecule has 0 spiro atoms. The molecule has 0 heterocycles. The predicted molar refractivity (Wildman–Crippen MR) is 34.4 cm³/mol. The second-order valence-corrected chi connectivity index (χ2v) is 1.81. The van der Waals surface area contributed by atoms with Crippen LogP contribution in [0.5, 0.6) is 0 Å². The molecule has 1 unspecified atom stereocenters. The van der Waals surface area contributed by atoms with Crippen molar-refractivity contribution in [3.05, 3.63) is 0 Å². The van der Waals surface area contributed by atoms with Crippen LogP contribution in [0.1, 0.15) is 13.8 Å². The van der Waals surface area contributed by atoms with Crippen LogP contribution >= 0.6 is 0 Å². The third-order valence-electron chi connectivity index (χ3n) is 0.856. The summed E-state index contributed by atoms with van der Waals surface area (Å²) in [7, 11) is 0. The first-order chi connectivity index (χ1) is 4.31. The van der Waals surface area contributed by atoms with Gasteiger partial charge in [0.05, 0.1) is 18.6 Å². The molecule has 3 nitrogen and oxygen atoms in total. The molecule has 0 amide bonds. The fourth-order valence-corrected chi connectivity index (χ4v) is 0.332. The summed E-state index contributed by atoms with van der Waals surface area (Å²) >= 11 is 0. The van der Waals surface area contributed by atoms with E-state index in [0.717, 1.165) is 0 Å². The molecule has 0 aromatic carbocycles. The van der Waals surface area contributed by atoms with Gasteiger partial charge in [0.2, 0.25) is 0 Å². The van der Waals surface area contributed by atoms with E-state index in [1.165, 1.54) is 0 Å². The van der Waals surface area contributed by atoms with E-state index in [1.807, 2.05) is 13.8 Å². The molecule has 0 saturated heterocycles. The Morgan fingerprint density at radius 2 is 2.44 bits per heavy atom. The maximum absolute atomic E-state index is 8.29. The molecule has 0 aromatic heterocycles. The summed E-state index contributed by atoms with van der Waals surface area (Å²) in [5.74, 6) is 0.0246. The molecule has 0 fully saturated rings. The Balaban J connectivity index is 2.99. The summed E-state index contributed by atoms with van der Waals surface area (Å²) in [4.78, 5) is 4.80. The van der Waals surface area contributed by atoms with Gasteiger partial charge in [-0.3, -0.25) is 0 Å². The van der Waals surface area contributed by atoms with E-state index >= 15 is 0 Å². The Labute approximate surface area is 55.6 Å². The molecule has 0 aromatic rings. The number of hydrogen-bond donors (Lipinski definition) is 1. The van der Waals surface area contributed by atoms with Gasteiger partial charge in [0.15, 0.2) is 0 Å². The fourth-order valence-electron chi connectivity index (χ4n) is 0.332. The Hall–Kier alpha value is -0.590. The lowest BCUT2D eigenvalue weighted by Gasteiger charge is -2.02. The molecular formula is C6H12N2O. The van der Waals surface area contributed by atoms with Gasteiger partial charge in [0.1, 0.15) is 0 Å². The van der Waals surface area contributed by atoms with Crippen molar-refractivity contribution in [1.29, 1.82) is 5.26 Å². The zero-order chi connectivity index (χ0) is 7.11. The monoisotopic (exact) mass is 128 g/mol. The van der Waals surface area contributed by atoms with Crippen molar-refractivity contribution in [2.45, 2.75) is 13.8 Å². The molecule has 0 aliphatic heterocycles. The maximum atomic E-state index is 8.29. The van der Waals surface area contributed by atoms with E-state index in [9.17, 15) is 0 Å². The molecule has 0 aliphatic carbocycles. The van der Waals surface area contributed by atoms with Gasteiger partial charge in [-0.05, 0) is 13.8 Å². The molecule has 0 radical (unpaired) electrons. The van der Waals surface area contributed by atoms with Crippen LogP contribution < -0.4 is 5.48 Å². The van der Waals surface area contributed by atoms with Crippen molar-refractivity contribution in [2.75, 3.05) is 13.2 Å². The molecule has 3 heteroatoms. The van der Waals surface area contributed by atoms with Crippen LogP contribution in [-0.2, 0) is 4.84 Å². The van der Waals surface area contributed by atoms with E-state index in [0.29, 0.717) is 13.2 Å². The first kappa shape index (κ1) is 8.41. The highest BCUT2D eigenvalue weighted by Crippen LogP contribution is 1.86. The minimum atomic E-state index is 0.0246. The normalized spacial score (nSPS) is 12.6. The zero-order valence-electron chi connectivity index (χ0n) is 5.85. The third kappa shape index (κ3) is 5.28. The van der Waals surface area contributed by atoms with Crippen LogP contribution in [0.3, 0.4) is 0 Å². The smallest absolute Gasteiger partial charge is 0.0667 e. The van der Waals surface area contributed by atoms with Crippen LogP contribution in [0, 0.1) is 17.2 Å². The molecule has 52 valence electrons. The van der Waals surface area contributed by atoms with Crippen molar-refractivity contribution < 1.29 is 4.84 Å². The predicted octanol–water partition coefficient (Wildman–Crippen LogP) is 0.687. The summed E-state index contributed by atoms with van der Waals surface area (Å²) in [6, 6.07) is 2.08. The standard InChI is InChI=1S/C6H12N2O/c1-3-9-8-5-6(2)4-7/h6,8H,3,5H2,1-2H3. The molecule has 9 heavy (non-hydrogen) atoms. The van der Waals surface area contributed by atoms with E-state index in [2.05, 4.69) is 11.5 Å². The summed E-state index contributed by atoms with van der Waals surface area (Å²) in [6.07, 6.45) is 0. The molecule has 1 atom stereocenters. The van der Waals surface area contributed by atoms with Crippen molar-refractivity contribution in [3.63, 3.8) is 0 Å². The molecule has 0 rings (SSSR count). The van der Waals surface area contributed by atoms with E-state index < -0.39 is 0 Å². The van der Waals surface area contributed by atoms with Crippen molar-refractivity contribution in [2.24, 2.45) is 5.92 Å². The minimum Gasteiger partial charge on any atom is -0.302 e. The van der Waals surface area contributed by atoms with Crippen LogP contribution in [0.25, 0.3) is 0 Å². The van der Waals surface area contributed by atoms with Gasteiger partial charge in [0, 0.05) is 6.54 Å². The average Bonchev–Trinajstić information content (AvgIpc) is 1.89. The van der Waals surface area contributed by atoms with Gasteiger partial charge >= 0.3 is 0 Å². The van der Waals surface area contributed by atoms with Crippen molar-refractivity contribution in [1.82, 2.24) is 5.48 Å². The number of nitriles is 1. The minimum absolute atomic E-state index is 0.0246. The molecule has 0 aliphatic rings. The topological polar surface area (TPSA) is 45.0 Å². The number of nitrogens with one attached hydrogen (secondary N) is 1. The Morgan fingerprint density at radius 3 is 2.89 bits per heavy atom. The van der Waals surface area contributed by atoms with Gasteiger partial charge < -0.3 is 4.84 Å². The SMILES string of the molecule is CCONCC(C)C#N.